The normalized spacial score (nSPS) is 14.8. The van der Waals surface area contributed by atoms with Crippen molar-refractivity contribution in [2.45, 2.75) is 45.6 Å². The average molecular weight is 445 g/mol. The highest BCUT2D eigenvalue weighted by atomic mass is 31.2. The molecule has 0 N–H and O–H groups in total. The number of rotatable bonds is 6. The quantitative estimate of drug-likeness (QED) is 0.471. The molecule has 166 valence electrons. The molecule has 0 fully saturated rings. The van der Waals surface area contributed by atoms with E-state index in [-0.39, 0.29) is 5.88 Å². The first-order valence-electron chi connectivity index (χ1n) is 10.2. The second kappa shape index (κ2) is 9.92. The zero-order valence-electron chi connectivity index (χ0n) is 18.0. The summed E-state index contributed by atoms with van der Waals surface area (Å²) in [5, 5.41) is 0. The lowest BCUT2D eigenvalue weighted by molar-refractivity contribution is 0.0233. The van der Waals surface area contributed by atoms with Crippen molar-refractivity contribution in [3.05, 3.63) is 72.6 Å². The fourth-order valence-electron chi connectivity index (χ4n) is 2.84. The first-order valence-corrected chi connectivity index (χ1v) is 11.7. The summed E-state index contributed by atoms with van der Waals surface area (Å²) in [5.74, 6) is 0.738. The summed E-state index contributed by atoms with van der Waals surface area (Å²) in [5.41, 5.74) is -0.681. The molecule has 2 aromatic carbocycles. The van der Waals surface area contributed by atoms with Gasteiger partial charge in [-0.25, -0.2) is 9.69 Å². The van der Waals surface area contributed by atoms with E-state index in [0.717, 1.165) is 12.8 Å². The van der Waals surface area contributed by atoms with Gasteiger partial charge in [0, 0.05) is 6.54 Å². The molecule has 0 bridgehead atoms. The number of nitrogens with zero attached hydrogens (tertiary/aromatic N) is 1. The van der Waals surface area contributed by atoms with Gasteiger partial charge in [0.2, 0.25) is 5.88 Å². The molecule has 8 heteroatoms. The minimum absolute atomic E-state index is 0.0990. The predicted octanol–water partition coefficient (Wildman–Crippen LogP) is 6.53. The van der Waals surface area contributed by atoms with E-state index in [1.54, 1.807) is 75.4 Å². The molecule has 1 aliphatic heterocycles. The Morgan fingerprint density at radius 2 is 1.42 bits per heavy atom. The van der Waals surface area contributed by atoms with Crippen LogP contribution in [0.2, 0.25) is 0 Å². The maximum Gasteiger partial charge on any atom is 0.648 e. The molecule has 1 heterocycles. The highest BCUT2D eigenvalue weighted by molar-refractivity contribution is 7.49. The van der Waals surface area contributed by atoms with E-state index in [2.05, 4.69) is 0 Å². The van der Waals surface area contributed by atoms with Crippen LogP contribution in [0.15, 0.2) is 72.6 Å². The number of carbonyl (C=O) groups excluding carboxylic acids is 1. The molecular formula is C23H28NO6P. The molecule has 0 aliphatic carbocycles. The van der Waals surface area contributed by atoms with Gasteiger partial charge in [0.15, 0.2) is 0 Å². The monoisotopic (exact) mass is 445 g/mol. The number of ether oxygens (including phenoxy) is 1. The summed E-state index contributed by atoms with van der Waals surface area (Å²) in [6.45, 7) is 5.73. The fourth-order valence-corrected chi connectivity index (χ4v) is 4.11. The average Bonchev–Trinajstić information content (AvgIpc) is 2.93. The third-order valence-electron chi connectivity index (χ3n) is 4.16. The van der Waals surface area contributed by atoms with Crippen LogP contribution in [0.5, 0.6) is 11.5 Å². The molecule has 3 rings (SSSR count). The molecule has 0 saturated heterocycles. The standard InChI is InChI=1S/C23H28NO6P/c1-23(2,3)27-22(25)24-18-12-6-11-17-21(24)30-31(26,28-19-13-7-4-8-14-19)29-20-15-9-5-10-16-20/h4-5,7-10,13-17H,6,11-12,18H2,1-3H3. The number of para-hydroxylation sites is 2. The summed E-state index contributed by atoms with van der Waals surface area (Å²) >= 11 is 0. The third-order valence-corrected chi connectivity index (χ3v) is 5.44. The van der Waals surface area contributed by atoms with Crippen LogP contribution in [0.4, 0.5) is 4.79 Å². The lowest BCUT2D eigenvalue weighted by atomic mass is 10.2. The Morgan fingerprint density at radius 3 is 1.94 bits per heavy atom. The van der Waals surface area contributed by atoms with Gasteiger partial charge in [0.25, 0.3) is 0 Å². The Morgan fingerprint density at radius 1 is 0.871 bits per heavy atom. The smallest absolute Gasteiger partial charge is 0.443 e. The number of hydrogen-bond acceptors (Lipinski definition) is 6. The van der Waals surface area contributed by atoms with Crippen LogP contribution in [0.3, 0.4) is 0 Å². The molecule has 1 aliphatic rings. The van der Waals surface area contributed by atoms with Crippen LogP contribution >= 0.6 is 7.82 Å². The van der Waals surface area contributed by atoms with Crippen molar-refractivity contribution < 1.29 is 27.7 Å². The van der Waals surface area contributed by atoms with Crippen molar-refractivity contribution in [1.82, 2.24) is 4.90 Å². The molecule has 0 atom stereocenters. The largest absolute Gasteiger partial charge is 0.648 e. The number of phosphoric ester groups is 1. The molecule has 2 aromatic rings. The zero-order chi connectivity index (χ0) is 22.3. The van der Waals surface area contributed by atoms with E-state index in [9.17, 15) is 9.36 Å². The van der Waals surface area contributed by atoms with Crippen molar-refractivity contribution in [2.75, 3.05) is 6.54 Å². The van der Waals surface area contributed by atoms with Crippen LogP contribution in [-0.2, 0) is 13.8 Å². The lowest BCUT2D eigenvalue weighted by Crippen LogP contribution is -2.37. The minimum atomic E-state index is -4.20. The number of benzene rings is 2. The third kappa shape index (κ3) is 7.07. The van der Waals surface area contributed by atoms with Gasteiger partial charge in [0.1, 0.15) is 17.1 Å². The first kappa shape index (κ1) is 22.8. The van der Waals surface area contributed by atoms with Gasteiger partial charge in [-0.2, -0.15) is 4.57 Å². The number of amides is 1. The SMILES string of the molecule is CC(C)(C)OC(=O)N1CCCCC=C1OP(=O)(Oc1ccccc1)Oc1ccccc1. The minimum Gasteiger partial charge on any atom is -0.443 e. The van der Waals surface area contributed by atoms with Crippen LogP contribution in [-0.4, -0.2) is 23.1 Å². The van der Waals surface area contributed by atoms with E-state index in [1.807, 2.05) is 12.1 Å². The van der Waals surface area contributed by atoms with E-state index < -0.39 is 19.5 Å². The molecule has 7 nitrogen and oxygen atoms in total. The van der Waals surface area contributed by atoms with Crippen molar-refractivity contribution in [3.8, 4) is 11.5 Å². The lowest BCUT2D eigenvalue weighted by Gasteiger charge is -2.29. The molecule has 0 unspecified atom stereocenters. The molecule has 31 heavy (non-hydrogen) atoms. The summed E-state index contributed by atoms with van der Waals surface area (Å²) in [7, 11) is -4.20. The molecule has 0 radical (unpaired) electrons. The van der Waals surface area contributed by atoms with Gasteiger partial charge in [-0.3, -0.25) is 0 Å². The van der Waals surface area contributed by atoms with Crippen LogP contribution in [0, 0.1) is 0 Å². The fraction of sp³-hybridized carbons (Fsp3) is 0.348. The topological polar surface area (TPSA) is 74.3 Å². The Kier molecular flexibility index (Phi) is 7.29. The van der Waals surface area contributed by atoms with Gasteiger partial charge in [-0.05, 0) is 70.4 Å². The number of carbonyl (C=O) groups is 1. The Hall–Kier alpha value is -2.92. The molecule has 0 saturated carbocycles. The van der Waals surface area contributed by atoms with Crippen molar-refractivity contribution in [3.63, 3.8) is 0 Å². The van der Waals surface area contributed by atoms with Crippen LogP contribution in [0.1, 0.15) is 40.0 Å². The van der Waals surface area contributed by atoms with Crippen molar-refractivity contribution >= 4 is 13.9 Å². The van der Waals surface area contributed by atoms with Gasteiger partial charge in [-0.15, -0.1) is 0 Å². The Labute approximate surface area is 183 Å². The molecule has 0 aromatic heterocycles. The second-order valence-electron chi connectivity index (χ2n) is 8.02. The maximum atomic E-state index is 13.7. The zero-order valence-corrected chi connectivity index (χ0v) is 18.9. The summed E-state index contributed by atoms with van der Waals surface area (Å²) < 4.78 is 36.4. The van der Waals surface area contributed by atoms with Crippen LogP contribution in [0.25, 0.3) is 0 Å². The number of hydrogen-bond donors (Lipinski definition) is 0. The van der Waals surface area contributed by atoms with Gasteiger partial charge in [0.05, 0.1) is 0 Å². The van der Waals surface area contributed by atoms with Crippen LogP contribution < -0.4 is 9.05 Å². The van der Waals surface area contributed by atoms with E-state index in [4.69, 9.17) is 18.3 Å². The van der Waals surface area contributed by atoms with Crippen molar-refractivity contribution in [2.24, 2.45) is 0 Å². The highest BCUT2D eigenvalue weighted by Crippen LogP contribution is 2.52. The van der Waals surface area contributed by atoms with Gasteiger partial charge < -0.3 is 18.3 Å². The van der Waals surface area contributed by atoms with Gasteiger partial charge >= 0.3 is 13.9 Å². The van der Waals surface area contributed by atoms with Gasteiger partial charge in [-0.1, -0.05) is 36.4 Å². The summed E-state index contributed by atoms with van der Waals surface area (Å²) in [6, 6.07) is 17.2. The maximum absolute atomic E-state index is 13.7. The predicted molar refractivity (Wildman–Crippen MR) is 118 cm³/mol. The van der Waals surface area contributed by atoms with E-state index in [0.29, 0.717) is 24.5 Å². The van der Waals surface area contributed by atoms with E-state index in [1.165, 1.54) is 4.90 Å². The number of allylic oxidation sites excluding steroid dienone is 1. The van der Waals surface area contributed by atoms with E-state index >= 15 is 0 Å². The molecular weight excluding hydrogens is 417 g/mol. The first-order chi connectivity index (χ1) is 14.7. The summed E-state index contributed by atoms with van der Waals surface area (Å²) in [4.78, 5) is 14.1. The number of phosphoric acid groups is 1. The van der Waals surface area contributed by atoms with Crippen molar-refractivity contribution in [1.29, 1.82) is 0 Å². The highest BCUT2D eigenvalue weighted by Gasteiger charge is 2.38. The second-order valence-corrected chi connectivity index (χ2v) is 9.46. The molecule has 0 spiro atoms. The summed E-state index contributed by atoms with van der Waals surface area (Å²) in [6.07, 6.45) is 3.41. The molecule has 1 amide bonds. The Balaban J connectivity index is 1.89. The Bertz CT molecular complexity index is 894.